The van der Waals surface area contributed by atoms with Crippen LogP contribution in [0.5, 0.6) is 0 Å². The Kier molecular flexibility index (Phi) is 5.19. The molecule has 3 heteroatoms. The zero-order valence-electron chi connectivity index (χ0n) is 24.2. The van der Waals surface area contributed by atoms with Gasteiger partial charge < -0.3 is 0 Å². The highest BCUT2D eigenvalue weighted by molar-refractivity contribution is 7.26. The third kappa shape index (κ3) is 3.68. The number of hydrogen-bond acceptors (Lipinski definition) is 3. The van der Waals surface area contributed by atoms with Crippen molar-refractivity contribution in [2.24, 2.45) is 0 Å². The summed E-state index contributed by atoms with van der Waals surface area (Å²) in [5.74, 6) is 0. The van der Waals surface area contributed by atoms with Crippen molar-refractivity contribution in [3.05, 3.63) is 146 Å². The van der Waals surface area contributed by atoms with Crippen molar-refractivity contribution in [3.8, 4) is 22.5 Å². The Morgan fingerprint density at radius 2 is 0.911 bits per heavy atom. The molecule has 0 aliphatic carbocycles. The maximum absolute atomic E-state index is 5.30. The normalized spacial score (nSPS) is 12.0. The van der Waals surface area contributed by atoms with Crippen LogP contribution in [0.15, 0.2) is 146 Å². The van der Waals surface area contributed by atoms with E-state index in [1.54, 1.807) is 0 Å². The van der Waals surface area contributed by atoms with Crippen molar-refractivity contribution in [3.63, 3.8) is 0 Å². The number of nitrogens with zero attached hydrogens (tertiary/aromatic N) is 2. The molecule has 45 heavy (non-hydrogen) atoms. The van der Waals surface area contributed by atoms with E-state index in [1.807, 2.05) is 11.3 Å². The number of thiophene rings is 1. The van der Waals surface area contributed by atoms with E-state index in [4.69, 9.17) is 9.97 Å². The van der Waals surface area contributed by atoms with Crippen LogP contribution in [0.4, 0.5) is 0 Å². The smallest absolute Gasteiger partial charge is 0.0972 e. The van der Waals surface area contributed by atoms with E-state index >= 15 is 0 Å². The van der Waals surface area contributed by atoms with E-state index in [2.05, 4.69) is 146 Å². The molecule has 10 rings (SSSR count). The van der Waals surface area contributed by atoms with Gasteiger partial charge in [-0.2, -0.15) is 0 Å². The van der Waals surface area contributed by atoms with E-state index in [0.717, 1.165) is 44.3 Å². The van der Waals surface area contributed by atoms with E-state index < -0.39 is 0 Å². The van der Waals surface area contributed by atoms with Crippen LogP contribution in [0.25, 0.3) is 96.8 Å². The molecule has 0 atom stereocenters. The third-order valence-electron chi connectivity index (χ3n) is 9.24. The van der Waals surface area contributed by atoms with Crippen molar-refractivity contribution >= 4 is 85.6 Å². The molecule has 3 aromatic heterocycles. The molecule has 0 fully saturated rings. The first-order chi connectivity index (χ1) is 22.3. The summed E-state index contributed by atoms with van der Waals surface area (Å²) in [6, 6.07) is 52.4. The number of fused-ring (bicyclic) bond motifs is 12. The quantitative estimate of drug-likeness (QED) is 0.188. The van der Waals surface area contributed by atoms with Crippen molar-refractivity contribution < 1.29 is 0 Å². The Balaban J connectivity index is 1.18. The second-order valence-corrected chi connectivity index (χ2v) is 12.8. The van der Waals surface area contributed by atoms with Gasteiger partial charge in [0.1, 0.15) is 0 Å². The molecule has 0 unspecified atom stereocenters. The third-order valence-corrected chi connectivity index (χ3v) is 10.5. The molecule has 10 aromatic rings. The zero-order valence-corrected chi connectivity index (χ0v) is 25.0. The zero-order chi connectivity index (χ0) is 29.5. The van der Waals surface area contributed by atoms with E-state index in [0.29, 0.717) is 0 Å². The van der Waals surface area contributed by atoms with E-state index in [1.165, 1.54) is 52.5 Å². The molecule has 0 amide bonds. The first-order valence-corrected chi connectivity index (χ1v) is 16.1. The van der Waals surface area contributed by atoms with Gasteiger partial charge in [0.2, 0.25) is 0 Å². The highest BCUT2D eigenvalue weighted by atomic mass is 32.1. The molecule has 0 N–H and O–H groups in total. The molecule has 0 radical (unpaired) electrons. The molecule has 2 nitrogen and oxygen atoms in total. The van der Waals surface area contributed by atoms with Crippen molar-refractivity contribution in [2.45, 2.75) is 0 Å². The fourth-order valence-corrected chi connectivity index (χ4v) is 8.32. The summed E-state index contributed by atoms with van der Waals surface area (Å²) in [7, 11) is 0. The lowest BCUT2D eigenvalue weighted by molar-refractivity contribution is 1.37. The van der Waals surface area contributed by atoms with E-state index in [9.17, 15) is 0 Å². The summed E-state index contributed by atoms with van der Waals surface area (Å²) >= 11 is 1.84. The lowest BCUT2D eigenvalue weighted by Crippen LogP contribution is -1.91. The Morgan fingerprint density at radius 1 is 0.378 bits per heavy atom. The second-order valence-electron chi connectivity index (χ2n) is 11.7. The molecule has 208 valence electrons. The number of rotatable bonds is 2. The van der Waals surface area contributed by atoms with Gasteiger partial charge in [0.15, 0.2) is 0 Å². The lowest BCUT2D eigenvalue weighted by atomic mass is 9.93. The number of aromatic nitrogens is 2. The molecular weight excluding hydrogens is 565 g/mol. The largest absolute Gasteiger partial charge is 0.245 e. The lowest BCUT2D eigenvalue weighted by Gasteiger charge is -2.12. The Labute approximate surface area is 262 Å². The number of hydrogen-bond donors (Lipinski definition) is 0. The molecule has 0 spiro atoms. The van der Waals surface area contributed by atoms with Crippen LogP contribution in [-0.2, 0) is 0 Å². The monoisotopic (exact) mass is 588 g/mol. The number of benzene rings is 7. The van der Waals surface area contributed by atoms with Gasteiger partial charge in [-0.3, -0.25) is 0 Å². The van der Waals surface area contributed by atoms with Gasteiger partial charge in [0, 0.05) is 42.1 Å². The highest BCUT2D eigenvalue weighted by Gasteiger charge is 2.14. The highest BCUT2D eigenvalue weighted by Crippen LogP contribution is 2.40. The minimum absolute atomic E-state index is 0.929. The van der Waals surface area contributed by atoms with Gasteiger partial charge in [-0.05, 0) is 56.6 Å². The molecule has 0 aliphatic rings. The summed E-state index contributed by atoms with van der Waals surface area (Å²) in [6.45, 7) is 0. The minimum Gasteiger partial charge on any atom is -0.245 e. The second kappa shape index (κ2) is 9.43. The Bertz CT molecular complexity index is 2790. The SMILES string of the molecule is c1ccc2c(c1)sc1c(-c3ccc4ccc5ccc(-c6ccc7c8ccccc8c8ccccc8c7c6)nc5c4n3)cccc12. The fourth-order valence-electron chi connectivity index (χ4n) is 7.09. The van der Waals surface area contributed by atoms with Gasteiger partial charge in [-0.25, -0.2) is 9.97 Å². The molecule has 0 saturated carbocycles. The maximum atomic E-state index is 5.30. The average Bonchev–Trinajstić information content (AvgIpc) is 3.50. The maximum Gasteiger partial charge on any atom is 0.0972 e. The van der Waals surface area contributed by atoms with Crippen molar-refractivity contribution in [1.82, 2.24) is 9.97 Å². The van der Waals surface area contributed by atoms with Gasteiger partial charge in [-0.1, -0.05) is 121 Å². The standard InChI is InChI=1S/C42H24N2S/c1-2-10-30-28(8-1)29-9-3-4-11-31(29)36-24-27(18-21-32(30)36)37-22-19-25-16-17-26-20-23-38(44-41(26)40(25)43-37)35-14-7-13-34-33-12-5-6-15-39(33)45-42(34)35/h1-24H. The van der Waals surface area contributed by atoms with Gasteiger partial charge >= 0.3 is 0 Å². The molecule has 0 aliphatic heterocycles. The summed E-state index contributed by atoms with van der Waals surface area (Å²) in [4.78, 5) is 10.6. The summed E-state index contributed by atoms with van der Waals surface area (Å²) in [5, 5.41) is 12.4. The summed E-state index contributed by atoms with van der Waals surface area (Å²) in [5.41, 5.74) is 6.06. The molecular formula is C42H24N2S. The predicted octanol–water partition coefficient (Wildman–Crippen LogP) is 11.9. The number of pyridine rings is 2. The van der Waals surface area contributed by atoms with Crippen LogP contribution in [0.2, 0.25) is 0 Å². The Morgan fingerprint density at radius 3 is 1.62 bits per heavy atom. The van der Waals surface area contributed by atoms with Crippen LogP contribution in [0, 0.1) is 0 Å². The summed E-state index contributed by atoms with van der Waals surface area (Å²) < 4.78 is 2.57. The predicted molar refractivity (Wildman–Crippen MR) is 193 cm³/mol. The molecule has 7 aromatic carbocycles. The van der Waals surface area contributed by atoms with Crippen LogP contribution in [-0.4, -0.2) is 9.97 Å². The Hall–Kier alpha value is -5.64. The molecule has 3 heterocycles. The van der Waals surface area contributed by atoms with Crippen LogP contribution >= 0.6 is 11.3 Å². The first kappa shape index (κ1) is 24.8. The molecule has 0 bridgehead atoms. The first-order valence-electron chi connectivity index (χ1n) is 15.2. The average molecular weight is 589 g/mol. The summed E-state index contributed by atoms with van der Waals surface area (Å²) in [6.07, 6.45) is 0. The topological polar surface area (TPSA) is 25.8 Å². The van der Waals surface area contributed by atoms with Crippen LogP contribution in [0.3, 0.4) is 0 Å². The van der Waals surface area contributed by atoms with Crippen LogP contribution < -0.4 is 0 Å². The molecule has 0 saturated heterocycles. The minimum atomic E-state index is 0.929. The van der Waals surface area contributed by atoms with E-state index in [-0.39, 0.29) is 0 Å². The van der Waals surface area contributed by atoms with Crippen molar-refractivity contribution in [2.75, 3.05) is 0 Å². The van der Waals surface area contributed by atoms with Gasteiger partial charge in [-0.15, -0.1) is 11.3 Å². The van der Waals surface area contributed by atoms with Gasteiger partial charge in [0.05, 0.1) is 22.4 Å². The van der Waals surface area contributed by atoms with Crippen molar-refractivity contribution in [1.29, 1.82) is 0 Å². The van der Waals surface area contributed by atoms with Crippen LogP contribution in [0.1, 0.15) is 0 Å². The fraction of sp³-hybridized carbons (Fsp3) is 0. The van der Waals surface area contributed by atoms with Gasteiger partial charge in [0.25, 0.3) is 0 Å².